The van der Waals surface area contributed by atoms with Gasteiger partial charge in [-0.05, 0) is 61.6 Å². The van der Waals surface area contributed by atoms with E-state index in [-0.39, 0.29) is 18.7 Å². The Morgan fingerprint density at radius 1 is 1.04 bits per heavy atom. The molecule has 0 radical (unpaired) electrons. The van der Waals surface area contributed by atoms with Crippen LogP contribution in [0.3, 0.4) is 0 Å². The maximum atomic E-state index is 14.2. The van der Waals surface area contributed by atoms with E-state index in [1.54, 1.807) is 32.9 Å². The molecule has 5 N–H and O–H groups in total. The molecule has 2 aliphatic rings. The average Bonchev–Trinajstić information content (AvgIpc) is 3.31. The molecule has 2 aliphatic heterocycles. The summed E-state index contributed by atoms with van der Waals surface area (Å²) in [4.78, 5) is 66.7. The van der Waals surface area contributed by atoms with Crippen LogP contribution in [0.5, 0.6) is 0 Å². The van der Waals surface area contributed by atoms with Gasteiger partial charge in [0.1, 0.15) is 17.7 Å². The standard InChI is InChI=1S/C33H36N6O6/c1-33(2,3)45-27(40)17-22(18-35-38-32(34)44)36-30(42)26-16-21-11-6-10-20-14-15-25(31(43)39(26)28(20)21)37-29(41)24-13-7-9-19-8-4-5-12-23(19)24/h4-13,18,22,25-26H,14-17H2,1-3H3,(H,36,42)(H,37,41)(H3,34,38,44)/b35-18+/t22-,25-,26-/m0/s1. The zero-order valence-electron chi connectivity index (χ0n) is 25.3. The number of aryl methyl sites for hydroxylation is 1. The second kappa shape index (κ2) is 12.8. The van der Waals surface area contributed by atoms with Crippen LogP contribution in [0.25, 0.3) is 10.8 Å². The maximum Gasteiger partial charge on any atom is 0.332 e. The van der Waals surface area contributed by atoms with E-state index in [2.05, 4.69) is 21.2 Å². The number of hydrazone groups is 1. The Balaban J connectivity index is 1.39. The summed E-state index contributed by atoms with van der Waals surface area (Å²) >= 11 is 0. The number of ether oxygens (including phenoxy) is 1. The van der Waals surface area contributed by atoms with E-state index in [1.165, 1.54) is 11.1 Å². The highest BCUT2D eigenvalue weighted by molar-refractivity contribution is 6.11. The third-order valence-electron chi connectivity index (χ3n) is 7.61. The monoisotopic (exact) mass is 612 g/mol. The van der Waals surface area contributed by atoms with E-state index in [0.717, 1.165) is 21.9 Å². The van der Waals surface area contributed by atoms with Crippen molar-refractivity contribution in [3.05, 3.63) is 77.4 Å². The van der Waals surface area contributed by atoms with Gasteiger partial charge in [-0.2, -0.15) is 5.10 Å². The number of esters is 1. The molecule has 0 fully saturated rings. The molecule has 5 rings (SSSR count). The molecule has 234 valence electrons. The highest BCUT2D eigenvalue weighted by atomic mass is 16.6. The molecule has 0 bridgehead atoms. The number of anilines is 1. The van der Waals surface area contributed by atoms with Gasteiger partial charge in [0.2, 0.25) is 11.8 Å². The Labute approximate surface area is 260 Å². The molecular weight excluding hydrogens is 576 g/mol. The molecule has 0 spiro atoms. The van der Waals surface area contributed by atoms with Crippen molar-refractivity contribution in [2.24, 2.45) is 10.8 Å². The van der Waals surface area contributed by atoms with E-state index in [9.17, 15) is 24.0 Å². The van der Waals surface area contributed by atoms with Gasteiger partial charge < -0.3 is 21.1 Å². The number of urea groups is 1. The highest BCUT2D eigenvalue weighted by Crippen LogP contribution is 2.39. The molecule has 3 aromatic carbocycles. The number of hydrogen-bond donors (Lipinski definition) is 4. The van der Waals surface area contributed by atoms with Crippen LogP contribution in [0.2, 0.25) is 0 Å². The minimum absolute atomic E-state index is 0.237. The van der Waals surface area contributed by atoms with Gasteiger partial charge in [-0.1, -0.05) is 54.6 Å². The van der Waals surface area contributed by atoms with Crippen LogP contribution < -0.4 is 26.7 Å². The SMILES string of the molecule is CC(C)(C)OC(=O)C[C@@H](/C=N/NC(N)=O)NC(=O)[C@@H]1Cc2cccc3c2N1C(=O)[C@@H](NC(=O)c1cccc2ccccc12)CC3. The van der Waals surface area contributed by atoms with Gasteiger partial charge in [-0.15, -0.1) is 0 Å². The van der Waals surface area contributed by atoms with Crippen molar-refractivity contribution < 1.29 is 28.7 Å². The van der Waals surface area contributed by atoms with Crippen molar-refractivity contribution in [2.75, 3.05) is 4.90 Å². The summed E-state index contributed by atoms with van der Waals surface area (Å²) in [6.45, 7) is 5.15. The molecule has 0 saturated heterocycles. The van der Waals surface area contributed by atoms with Gasteiger partial charge in [0.05, 0.1) is 18.2 Å². The number of para-hydroxylation sites is 1. The summed E-state index contributed by atoms with van der Waals surface area (Å²) in [5.41, 5.74) is 9.23. The average molecular weight is 613 g/mol. The van der Waals surface area contributed by atoms with Gasteiger partial charge in [-0.25, -0.2) is 10.2 Å². The van der Waals surface area contributed by atoms with Crippen LogP contribution in [0.4, 0.5) is 10.5 Å². The van der Waals surface area contributed by atoms with Crippen molar-refractivity contribution in [1.82, 2.24) is 16.1 Å². The zero-order valence-corrected chi connectivity index (χ0v) is 25.3. The Morgan fingerprint density at radius 3 is 2.51 bits per heavy atom. The molecule has 0 aliphatic carbocycles. The normalized spacial score (nSPS) is 18.2. The molecular formula is C33H36N6O6. The van der Waals surface area contributed by atoms with Crippen molar-refractivity contribution in [3.8, 4) is 0 Å². The number of fused-ring (bicyclic) bond motifs is 1. The Hall–Kier alpha value is -5.26. The molecule has 45 heavy (non-hydrogen) atoms. The van der Waals surface area contributed by atoms with E-state index < -0.39 is 47.5 Å². The van der Waals surface area contributed by atoms with Gasteiger partial charge >= 0.3 is 12.0 Å². The van der Waals surface area contributed by atoms with Crippen LogP contribution in [0.1, 0.15) is 55.1 Å². The van der Waals surface area contributed by atoms with Crippen LogP contribution in [-0.2, 0) is 32.0 Å². The Morgan fingerprint density at radius 2 is 1.76 bits per heavy atom. The number of hydrogen-bond acceptors (Lipinski definition) is 7. The number of carbonyl (C=O) groups is 5. The molecule has 0 saturated carbocycles. The van der Waals surface area contributed by atoms with Crippen molar-refractivity contribution in [3.63, 3.8) is 0 Å². The first-order valence-electron chi connectivity index (χ1n) is 14.7. The number of nitrogens with one attached hydrogen (secondary N) is 3. The molecule has 0 aromatic heterocycles. The smallest absolute Gasteiger partial charge is 0.332 e. The predicted octanol–water partition coefficient (Wildman–Crippen LogP) is 2.71. The Bertz CT molecular complexity index is 1690. The number of primary amides is 1. The number of benzene rings is 3. The first kappa shape index (κ1) is 31.2. The fourth-order valence-electron chi connectivity index (χ4n) is 5.81. The van der Waals surface area contributed by atoms with E-state index in [4.69, 9.17) is 10.5 Å². The van der Waals surface area contributed by atoms with Crippen molar-refractivity contribution >= 4 is 52.4 Å². The lowest BCUT2D eigenvalue weighted by atomic mass is 10.0. The summed E-state index contributed by atoms with van der Waals surface area (Å²) in [6, 6.07) is 14.9. The lowest BCUT2D eigenvalue weighted by molar-refractivity contribution is -0.155. The van der Waals surface area contributed by atoms with E-state index in [1.807, 2.05) is 48.5 Å². The largest absolute Gasteiger partial charge is 0.460 e. The van der Waals surface area contributed by atoms with Crippen LogP contribution >= 0.6 is 0 Å². The maximum absolute atomic E-state index is 14.2. The second-order valence-corrected chi connectivity index (χ2v) is 12.1. The molecule has 3 atom stereocenters. The molecule has 2 heterocycles. The second-order valence-electron chi connectivity index (χ2n) is 12.1. The summed E-state index contributed by atoms with van der Waals surface area (Å²) < 4.78 is 5.40. The highest BCUT2D eigenvalue weighted by Gasteiger charge is 2.44. The Kier molecular flexibility index (Phi) is 8.84. The number of rotatable bonds is 8. The third-order valence-corrected chi connectivity index (χ3v) is 7.61. The molecule has 3 aromatic rings. The third kappa shape index (κ3) is 7.11. The van der Waals surface area contributed by atoms with E-state index in [0.29, 0.717) is 24.1 Å². The van der Waals surface area contributed by atoms with Gasteiger partial charge in [0, 0.05) is 18.2 Å². The zero-order chi connectivity index (χ0) is 32.3. The fourth-order valence-corrected chi connectivity index (χ4v) is 5.81. The van der Waals surface area contributed by atoms with Crippen LogP contribution in [-0.4, -0.2) is 59.7 Å². The summed E-state index contributed by atoms with van der Waals surface area (Å²) in [5.74, 6) is -1.92. The summed E-state index contributed by atoms with van der Waals surface area (Å²) in [5, 5.41) is 11.1. The fraction of sp³-hybridized carbons (Fsp3) is 0.333. The molecule has 0 unspecified atom stereocenters. The van der Waals surface area contributed by atoms with Gasteiger partial charge in [0.25, 0.3) is 5.91 Å². The number of nitrogens with zero attached hydrogens (tertiary/aromatic N) is 2. The molecule has 12 heteroatoms. The summed E-state index contributed by atoms with van der Waals surface area (Å²) in [7, 11) is 0. The number of nitrogens with two attached hydrogens (primary N) is 1. The lowest BCUT2D eigenvalue weighted by Gasteiger charge is -2.29. The topological polar surface area (TPSA) is 172 Å². The quantitative estimate of drug-likeness (QED) is 0.173. The summed E-state index contributed by atoms with van der Waals surface area (Å²) in [6.07, 6.45) is 2.00. The van der Waals surface area contributed by atoms with Crippen LogP contribution in [0.15, 0.2) is 65.8 Å². The molecule has 5 amide bonds. The first-order chi connectivity index (χ1) is 21.4. The van der Waals surface area contributed by atoms with Crippen LogP contribution in [0, 0.1) is 0 Å². The van der Waals surface area contributed by atoms with Crippen molar-refractivity contribution in [2.45, 2.75) is 70.2 Å². The van der Waals surface area contributed by atoms with Gasteiger partial charge in [-0.3, -0.25) is 24.1 Å². The number of carbonyl (C=O) groups excluding carboxylic acids is 5. The minimum atomic E-state index is -0.980. The minimum Gasteiger partial charge on any atom is -0.460 e. The van der Waals surface area contributed by atoms with Crippen molar-refractivity contribution in [1.29, 1.82) is 0 Å². The first-order valence-corrected chi connectivity index (χ1v) is 14.7. The number of amides is 5. The lowest BCUT2D eigenvalue weighted by Crippen LogP contribution is -2.56. The van der Waals surface area contributed by atoms with E-state index >= 15 is 0 Å². The molecule has 12 nitrogen and oxygen atoms in total. The predicted molar refractivity (Wildman–Crippen MR) is 169 cm³/mol. The van der Waals surface area contributed by atoms with Gasteiger partial charge in [0.15, 0.2) is 0 Å².